The molecule has 0 aliphatic carbocycles. The molecule has 1 N–H and O–H groups in total. The molecule has 120 valence electrons. The lowest BCUT2D eigenvalue weighted by atomic mass is 10.1. The van der Waals surface area contributed by atoms with Crippen LogP contribution in [-0.4, -0.2) is 22.0 Å². The van der Waals surface area contributed by atoms with Gasteiger partial charge in [0.15, 0.2) is 0 Å². The number of halogens is 1. The molecule has 3 rings (SSSR count). The van der Waals surface area contributed by atoms with Crippen LogP contribution in [0.5, 0.6) is 5.75 Å². The Hall–Kier alpha value is -2.20. The number of anilines is 1. The molecular weight excluding hydrogens is 310 g/mol. The average molecular weight is 330 g/mol. The fourth-order valence-corrected chi connectivity index (χ4v) is 2.63. The van der Waals surface area contributed by atoms with Gasteiger partial charge in [-0.25, -0.2) is 4.98 Å². The van der Waals surface area contributed by atoms with Crippen molar-refractivity contribution in [3.63, 3.8) is 0 Å². The lowest BCUT2D eigenvalue weighted by Gasteiger charge is -2.22. The van der Waals surface area contributed by atoms with E-state index in [2.05, 4.69) is 26.1 Å². The summed E-state index contributed by atoms with van der Waals surface area (Å²) in [6.45, 7) is 6.35. The van der Waals surface area contributed by atoms with E-state index in [1.54, 1.807) is 7.11 Å². The van der Waals surface area contributed by atoms with E-state index in [9.17, 15) is 0 Å². The number of rotatable bonds is 3. The lowest BCUT2D eigenvalue weighted by molar-refractivity contribution is 0.415. The van der Waals surface area contributed by atoms with Crippen LogP contribution in [0.4, 0.5) is 5.82 Å². The van der Waals surface area contributed by atoms with Crippen LogP contribution >= 0.6 is 11.6 Å². The average Bonchev–Trinajstić information content (AvgIpc) is 2.84. The molecule has 0 bridgehead atoms. The van der Waals surface area contributed by atoms with Gasteiger partial charge in [-0.2, -0.15) is 0 Å². The number of imidazole rings is 1. The zero-order chi connectivity index (χ0) is 16.6. The SMILES string of the molecule is COc1cccc(-c2nc3ccc(Cl)cn3c2NC(C)(C)C)c1. The number of aromatic nitrogens is 2. The largest absolute Gasteiger partial charge is 0.497 e. The summed E-state index contributed by atoms with van der Waals surface area (Å²) in [7, 11) is 1.66. The van der Waals surface area contributed by atoms with Crippen molar-refractivity contribution in [2.75, 3.05) is 12.4 Å². The van der Waals surface area contributed by atoms with Gasteiger partial charge in [0.05, 0.1) is 12.1 Å². The van der Waals surface area contributed by atoms with Crippen LogP contribution in [0, 0.1) is 0 Å². The number of ether oxygens (including phenoxy) is 1. The molecule has 4 nitrogen and oxygen atoms in total. The monoisotopic (exact) mass is 329 g/mol. The molecular formula is C18H20ClN3O. The van der Waals surface area contributed by atoms with Gasteiger partial charge in [-0.3, -0.25) is 4.40 Å². The molecule has 3 aromatic rings. The van der Waals surface area contributed by atoms with Crippen molar-refractivity contribution in [2.24, 2.45) is 0 Å². The Balaban J connectivity index is 2.24. The summed E-state index contributed by atoms with van der Waals surface area (Å²) >= 11 is 6.17. The Labute approximate surface area is 141 Å². The predicted molar refractivity (Wildman–Crippen MR) is 95.6 cm³/mol. The molecule has 0 spiro atoms. The molecule has 0 atom stereocenters. The van der Waals surface area contributed by atoms with Crippen LogP contribution in [-0.2, 0) is 0 Å². The third-order valence-corrected chi connectivity index (χ3v) is 3.64. The number of hydrogen-bond donors (Lipinski definition) is 1. The molecule has 1 aromatic carbocycles. The van der Waals surface area contributed by atoms with Crippen molar-refractivity contribution >= 4 is 23.1 Å². The highest BCUT2D eigenvalue weighted by molar-refractivity contribution is 6.30. The van der Waals surface area contributed by atoms with E-state index in [1.165, 1.54) is 0 Å². The number of pyridine rings is 1. The fraction of sp³-hybridized carbons (Fsp3) is 0.278. The van der Waals surface area contributed by atoms with Crippen LogP contribution in [0.25, 0.3) is 16.9 Å². The van der Waals surface area contributed by atoms with E-state index >= 15 is 0 Å². The highest BCUT2D eigenvalue weighted by atomic mass is 35.5. The van der Waals surface area contributed by atoms with Crippen LogP contribution in [0.15, 0.2) is 42.6 Å². The Morgan fingerprint density at radius 2 is 1.96 bits per heavy atom. The summed E-state index contributed by atoms with van der Waals surface area (Å²) in [5, 5.41) is 4.21. The van der Waals surface area contributed by atoms with Gasteiger partial charge in [-0.15, -0.1) is 0 Å². The Morgan fingerprint density at radius 1 is 1.17 bits per heavy atom. The predicted octanol–water partition coefficient (Wildman–Crippen LogP) is 4.87. The minimum absolute atomic E-state index is 0.105. The van der Waals surface area contributed by atoms with E-state index in [0.717, 1.165) is 28.5 Å². The molecule has 23 heavy (non-hydrogen) atoms. The van der Waals surface area contributed by atoms with E-state index in [4.69, 9.17) is 21.3 Å². The minimum Gasteiger partial charge on any atom is -0.497 e. The summed E-state index contributed by atoms with van der Waals surface area (Å²) in [6.07, 6.45) is 1.88. The van der Waals surface area contributed by atoms with Crippen LogP contribution in [0.2, 0.25) is 5.02 Å². The number of nitrogens with zero attached hydrogens (tertiary/aromatic N) is 2. The molecule has 0 aliphatic rings. The first kappa shape index (κ1) is 15.7. The third kappa shape index (κ3) is 3.27. The molecule has 0 saturated carbocycles. The Bertz CT molecular complexity index is 849. The second kappa shape index (κ2) is 5.78. The Morgan fingerprint density at radius 3 is 2.65 bits per heavy atom. The van der Waals surface area contributed by atoms with Gasteiger partial charge in [-0.1, -0.05) is 23.7 Å². The van der Waals surface area contributed by atoms with Crippen molar-refractivity contribution in [2.45, 2.75) is 26.3 Å². The van der Waals surface area contributed by atoms with Crippen molar-refractivity contribution in [3.05, 3.63) is 47.6 Å². The number of methoxy groups -OCH3 is 1. The quantitative estimate of drug-likeness (QED) is 0.744. The maximum atomic E-state index is 6.17. The number of nitrogens with one attached hydrogen (secondary N) is 1. The molecule has 2 heterocycles. The summed E-state index contributed by atoms with van der Waals surface area (Å²) in [5.74, 6) is 1.72. The summed E-state index contributed by atoms with van der Waals surface area (Å²) < 4.78 is 7.32. The maximum Gasteiger partial charge on any atom is 0.139 e. The normalized spacial score (nSPS) is 11.7. The van der Waals surface area contributed by atoms with Gasteiger partial charge in [0.1, 0.15) is 22.9 Å². The second-order valence-electron chi connectivity index (χ2n) is 6.49. The molecule has 0 unspecified atom stereocenters. The molecule has 0 radical (unpaired) electrons. The van der Waals surface area contributed by atoms with E-state index in [0.29, 0.717) is 5.02 Å². The van der Waals surface area contributed by atoms with Crippen molar-refractivity contribution in [3.8, 4) is 17.0 Å². The summed E-state index contributed by atoms with van der Waals surface area (Å²) in [6, 6.07) is 11.7. The standard InChI is InChI=1S/C18H20ClN3O/c1-18(2,3)21-17-16(12-6-5-7-14(10-12)23-4)20-15-9-8-13(19)11-22(15)17/h5-11,21H,1-4H3. The summed E-state index contributed by atoms with van der Waals surface area (Å²) in [4.78, 5) is 4.77. The van der Waals surface area contributed by atoms with E-state index < -0.39 is 0 Å². The van der Waals surface area contributed by atoms with E-state index in [-0.39, 0.29) is 5.54 Å². The van der Waals surface area contributed by atoms with Gasteiger partial charge >= 0.3 is 0 Å². The minimum atomic E-state index is -0.105. The van der Waals surface area contributed by atoms with Crippen molar-refractivity contribution in [1.29, 1.82) is 0 Å². The smallest absolute Gasteiger partial charge is 0.139 e. The van der Waals surface area contributed by atoms with E-state index in [1.807, 2.05) is 47.0 Å². The van der Waals surface area contributed by atoms with Gasteiger partial charge in [0.2, 0.25) is 0 Å². The number of hydrogen-bond acceptors (Lipinski definition) is 3. The molecule has 0 saturated heterocycles. The second-order valence-corrected chi connectivity index (χ2v) is 6.93. The zero-order valence-electron chi connectivity index (χ0n) is 13.7. The van der Waals surface area contributed by atoms with Crippen LogP contribution < -0.4 is 10.1 Å². The van der Waals surface area contributed by atoms with Crippen LogP contribution in [0.1, 0.15) is 20.8 Å². The highest BCUT2D eigenvalue weighted by Gasteiger charge is 2.19. The fourth-order valence-electron chi connectivity index (χ4n) is 2.47. The van der Waals surface area contributed by atoms with Gasteiger partial charge in [-0.05, 0) is 45.0 Å². The lowest BCUT2D eigenvalue weighted by Crippen LogP contribution is -2.27. The third-order valence-electron chi connectivity index (χ3n) is 3.42. The topological polar surface area (TPSA) is 38.6 Å². The van der Waals surface area contributed by atoms with Crippen LogP contribution in [0.3, 0.4) is 0 Å². The molecule has 2 aromatic heterocycles. The zero-order valence-corrected chi connectivity index (χ0v) is 14.5. The molecule has 0 amide bonds. The molecule has 5 heteroatoms. The van der Waals surface area contributed by atoms with Crippen molar-refractivity contribution in [1.82, 2.24) is 9.38 Å². The highest BCUT2D eigenvalue weighted by Crippen LogP contribution is 2.33. The maximum absolute atomic E-state index is 6.17. The number of fused-ring (bicyclic) bond motifs is 1. The first-order valence-electron chi connectivity index (χ1n) is 7.47. The van der Waals surface area contributed by atoms with Gasteiger partial charge < -0.3 is 10.1 Å². The van der Waals surface area contributed by atoms with Gasteiger partial charge in [0, 0.05) is 17.3 Å². The van der Waals surface area contributed by atoms with Gasteiger partial charge in [0.25, 0.3) is 0 Å². The molecule has 0 aliphatic heterocycles. The van der Waals surface area contributed by atoms with Crippen molar-refractivity contribution < 1.29 is 4.74 Å². The Kier molecular flexibility index (Phi) is 3.94. The number of benzene rings is 1. The first-order chi connectivity index (χ1) is 10.9. The summed E-state index contributed by atoms with van der Waals surface area (Å²) in [5.41, 5.74) is 2.61. The first-order valence-corrected chi connectivity index (χ1v) is 7.85. The molecule has 0 fully saturated rings.